The van der Waals surface area contributed by atoms with Gasteiger partial charge in [-0.05, 0) is 13.0 Å². The maximum Gasteiger partial charge on any atom is 0.340 e. The fourth-order valence-electron chi connectivity index (χ4n) is 1.18. The second-order valence-electron chi connectivity index (χ2n) is 3.00. The van der Waals surface area contributed by atoms with Gasteiger partial charge < -0.3 is 4.74 Å². The molecule has 1 rings (SSSR count). The van der Waals surface area contributed by atoms with Crippen molar-refractivity contribution in [3.63, 3.8) is 0 Å². The van der Waals surface area contributed by atoms with Gasteiger partial charge in [0.25, 0.3) is 6.43 Å². The summed E-state index contributed by atoms with van der Waals surface area (Å²) in [6.07, 6.45) is -2.86. The lowest BCUT2D eigenvalue weighted by molar-refractivity contribution is 0.0513. The topological polar surface area (TPSA) is 39.2 Å². The van der Waals surface area contributed by atoms with E-state index >= 15 is 0 Å². The lowest BCUT2D eigenvalue weighted by Crippen LogP contribution is -2.11. The molecule has 0 saturated heterocycles. The Hall–Kier alpha value is -0.750. The van der Waals surface area contributed by atoms with Gasteiger partial charge in [0.05, 0.1) is 22.9 Å². The van der Waals surface area contributed by atoms with Crippen molar-refractivity contribution in [3.05, 3.63) is 28.0 Å². The van der Waals surface area contributed by atoms with Crippen LogP contribution in [-0.2, 0) is 10.1 Å². The summed E-state index contributed by atoms with van der Waals surface area (Å²) in [5.74, 6) is -0.849. The van der Waals surface area contributed by atoms with E-state index in [1.54, 1.807) is 6.92 Å². The molecule has 0 aliphatic carbocycles. The number of carbonyl (C=O) groups is 1. The maximum absolute atomic E-state index is 12.7. The van der Waals surface area contributed by atoms with Crippen molar-refractivity contribution in [1.82, 2.24) is 4.98 Å². The van der Waals surface area contributed by atoms with Gasteiger partial charge in [-0.1, -0.05) is 27.5 Å². The van der Waals surface area contributed by atoms with Gasteiger partial charge >= 0.3 is 5.97 Å². The molecule has 0 aliphatic rings. The van der Waals surface area contributed by atoms with Gasteiger partial charge in [0.15, 0.2) is 0 Å². The van der Waals surface area contributed by atoms with Crippen molar-refractivity contribution in [2.45, 2.75) is 18.7 Å². The van der Waals surface area contributed by atoms with Crippen molar-refractivity contribution in [1.29, 1.82) is 0 Å². The maximum atomic E-state index is 12.7. The van der Waals surface area contributed by atoms with E-state index in [9.17, 15) is 13.6 Å². The van der Waals surface area contributed by atoms with E-state index in [4.69, 9.17) is 11.6 Å². The summed E-state index contributed by atoms with van der Waals surface area (Å²) in [6.45, 7) is 1.68. The number of nitrogens with zero attached hydrogens (tertiary/aromatic N) is 1. The van der Waals surface area contributed by atoms with Crippen LogP contribution in [0.1, 0.15) is 35.1 Å². The third-order valence-corrected chi connectivity index (χ3v) is 2.77. The molecule has 3 nitrogen and oxygen atoms in total. The van der Waals surface area contributed by atoms with Crippen molar-refractivity contribution < 1.29 is 18.3 Å². The standard InChI is InChI=1S/C10H9BrClF2NO2/c1-2-17-10(16)5-3-6(12)7(4-11)15-8(5)9(13)14/h3,9H,2,4H2,1H3. The summed E-state index contributed by atoms with van der Waals surface area (Å²) in [5, 5.41) is 0.378. The van der Waals surface area contributed by atoms with Gasteiger partial charge in [-0.15, -0.1) is 0 Å². The predicted octanol–water partition coefficient (Wildman–Crippen LogP) is 3.74. The van der Waals surface area contributed by atoms with E-state index in [0.29, 0.717) is 0 Å². The summed E-state index contributed by atoms with van der Waals surface area (Å²) in [5.41, 5.74) is -0.645. The molecule has 0 N–H and O–H groups in total. The van der Waals surface area contributed by atoms with Gasteiger partial charge in [0, 0.05) is 5.33 Å². The minimum atomic E-state index is -2.86. The predicted molar refractivity (Wildman–Crippen MR) is 62.8 cm³/mol. The first kappa shape index (κ1) is 14.3. The number of esters is 1. The lowest BCUT2D eigenvalue weighted by Gasteiger charge is -2.10. The monoisotopic (exact) mass is 327 g/mol. The SMILES string of the molecule is CCOC(=O)c1cc(Cl)c(CBr)nc1C(F)F. The van der Waals surface area contributed by atoms with E-state index in [0.717, 1.165) is 6.07 Å². The summed E-state index contributed by atoms with van der Waals surface area (Å²) >= 11 is 8.88. The number of pyridine rings is 1. The van der Waals surface area contributed by atoms with Crippen molar-refractivity contribution in [2.75, 3.05) is 6.61 Å². The molecule has 0 aliphatic heterocycles. The third kappa shape index (κ3) is 3.35. The van der Waals surface area contributed by atoms with Crippen LogP contribution in [0.25, 0.3) is 0 Å². The Bertz CT molecular complexity index is 429. The van der Waals surface area contributed by atoms with Gasteiger partial charge in [0.1, 0.15) is 5.69 Å². The van der Waals surface area contributed by atoms with E-state index in [1.807, 2.05) is 0 Å². The molecule has 1 aromatic heterocycles. The highest BCUT2D eigenvalue weighted by atomic mass is 79.9. The molecule has 0 saturated carbocycles. The molecule has 1 aromatic rings. The van der Waals surface area contributed by atoms with Crippen molar-refractivity contribution in [2.24, 2.45) is 0 Å². The van der Waals surface area contributed by atoms with Crippen LogP contribution in [0.4, 0.5) is 8.78 Å². The Morgan fingerprint density at radius 2 is 2.29 bits per heavy atom. The first-order valence-corrected chi connectivity index (χ1v) is 6.21. The highest BCUT2D eigenvalue weighted by Gasteiger charge is 2.23. The number of carbonyl (C=O) groups excluding carboxylic acids is 1. The Morgan fingerprint density at radius 1 is 1.65 bits per heavy atom. The largest absolute Gasteiger partial charge is 0.462 e. The summed E-state index contributed by atoms with van der Waals surface area (Å²) in [7, 11) is 0. The van der Waals surface area contributed by atoms with Gasteiger partial charge in [0.2, 0.25) is 0 Å². The number of alkyl halides is 3. The highest BCUT2D eigenvalue weighted by molar-refractivity contribution is 9.08. The highest BCUT2D eigenvalue weighted by Crippen LogP contribution is 2.27. The lowest BCUT2D eigenvalue weighted by atomic mass is 10.2. The molecule has 0 bridgehead atoms. The second-order valence-corrected chi connectivity index (χ2v) is 3.97. The molecule has 1 heterocycles. The molecule has 0 spiro atoms. The van der Waals surface area contributed by atoms with Crippen LogP contribution in [0.15, 0.2) is 6.07 Å². The summed E-state index contributed by atoms with van der Waals surface area (Å²) in [4.78, 5) is 15.1. The first-order chi connectivity index (χ1) is 8.01. The Morgan fingerprint density at radius 3 is 2.76 bits per heavy atom. The zero-order chi connectivity index (χ0) is 13.0. The minimum absolute atomic E-state index is 0.0966. The van der Waals surface area contributed by atoms with E-state index in [-0.39, 0.29) is 28.2 Å². The van der Waals surface area contributed by atoms with Crippen LogP contribution in [0.3, 0.4) is 0 Å². The van der Waals surface area contributed by atoms with Crippen molar-refractivity contribution in [3.8, 4) is 0 Å². The Labute approximate surface area is 110 Å². The number of halogens is 4. The molecule has 0 fully saturated rings. The smallest absolute Gasteiger partial charge is 0.340 e. The molecule has 0 aromatic carbocycles. The molecule has 7 heteroatoms. The quantitative estimate of drug-likeness (QED) is 0.624. The number of hydrogen-bond acceptors (Lipinski definition) is 3. The molecular weight excluding hydrogens is 319 g/mol. The van der Waals surface area contributed by atoms with E-state index in [1.165, 1.54) is 0 Å². The van der Waals surface area contributed by atoms with Crippen LogP contribution >= 0.6 is 27.5 Å². The molecule has 0 amide bonds. The molecule has 94 valence electrons. The molecule has 17 heavy (non-hydrogen) atoms. The molecule has 0 unspecified atom stereocenters. The van der Waals surface area contributed by atoms with Crippen LogP contribution < -0.4 is 0 Å². The van der Waals surface area contributed by atoms with Gasteiger partial charge in [-0.25, -0.2) is 18.6 Å². The van der Waals surface area contributed by atoms with Crippen LogP contribution in [-0.4, -0.2) is 17.6 Å². The average Bonchev–Trinajstić information content (AvgIpc) is 2.28. The Balaban J connectivity index is 3.27. The average molecular weight is 329 g/mol. The minimum Gasteiger partial charge on any atom is -0.462 e. The number of hydrogen-bond donors (Lipinski definition) is 0. The number of aromatic nitrogens is 1. The number of rotatable bonds is 4. The van der Waals surface area contributed by atoms with Crippen LogP contribution in [0.5, 0.6) is 0 Å². The normalized spacial score (nSPS) is 10.7. The Kier molecular flexibility index (Phi) is 5.27. The van der Waals surface area contributed by atoms with Crippen LogP contribution in [0, 0.1) is 0 Å². The molecular formula is C10H9BrClF2NO2. The van der Waals surface area contributed by atoms with Crippen LogP contribution in [0.2, 0.25) is 5.02 Å². The zero-order valence-electron chi connectivity index (χ0n) is 8.84. The summed E-state index contributed by atoms with van der Waals surface area (Å²) < 4.78 is 30.2. The fourth-order valence-corrected chi connectivity index (χ4v) is 1.98. The third-order valence-electron chi connectivity index (χ3n) is 1.91. The second kappa shape index (κ2) is 6.26. The van der Waals surface area contributed by atoms with Gasteiger partial charge in [-0.2, -0.15) is 0 Å². The van der Waals surface area contributed by atoms with E-state index < -0.39 is 18.1 Å². The zero-order valence-corrected chi connectivity index (χ0v) is 11.2. The van der Waals surface area contributed by atoms with Crippen molar-refractivity contribution >= 4 is 33.5 Å². The first-order valence-electron chi connectivity index (χ1n) is 4.71. The molecule has 0 radical (unpaired) electrons. The fraction of sp³-hybridized carbons (Fsp3) is 0.400. The van der Waals surface area contributed by atoms with Gasteiger partial charge in [-0.3, -0.25) is 0 Å². The number of ether oxygens (including phenoxy) is 1. The summed E-state index contributed by atoms with van der Waals surface area (Å²) in [6, 6.07) is 1.16. The van der Waals surface area contributed by atoms with E-state index in [2.05, 4.69) is 25.7 Å². The molecule has 0 atom stereocenters.